The number of rotatable bonds is 2. The lowest BCUT2D eigenvalue weighted by molar-refractivity contribution is 0.0600. The summed E-state index contributed by atoms with van der Waals surface area (Å²) in [6, 6.07) is 4.75. The summed E-state index contributed by atoms with van der Waals surface area (Å²) in [5.74, 6) is -0.514. The number of benzene rings is 1. The van der Waals surface area contributed by atoms with Crippen LogP contribution < -0.4 is 0 Å². The molecule has 1 aromatic rings. The van der Waals surface area contributed by atoms with Gasteiger partial charge in [-0.2, -0.15) is 5.26 Å². The van der Waals surface area contributed by atoms with Crippen LogP contribution in [-0.4, -0.2) is 19.4 Å². The van der Waals surface area contributed by atoms with Crippen molar-refractivity contribution in [2.75, 3.05) is 7.11 Å². The second-order valence-corrected chi connectivity index (χ2v) is 2.98. The molecule has 0 saturated heterocycles. The van der Waals surface area contributed by atoms with Gasteiger partial charge in [-0.3, -0.25) is 4.79 Å². The van der Waals surface area contributed by atoms with Crippen molar-refractivity contribution in [3.8, 4) is 6.07 Å². The molecule has 15 heavy (non-hydrogen) atoms. The van der Waals surface area contributed by atoms with E-state index in [1.54, 1.807) is 6.92 Å². The van der Waals surface area contributed by atoms with Gasteiger partial charge in [0.25, 0.3) is 0 Å². The van der Waals surface area contributed by atoms with E-state index in [1.165, 1.54) is 19.2 Å². The first-order valence-corrected chi connectivity index (χ1v) is 4.22. The number of hydrogen-bond acceptors (Lipinski definition) is 4. The molecule has 0 aliphatic carbocycles. The smallest absolute Gasteiger partial charge is 0.338 e. The summed E-state index contributed by atoms with van der Waals surface area (Å²) in [6.45, 7) is 1.68. The van der Waals surface area contributed by atoms with E-state index < -0.39 is 5.97 Å². The lowest BCUT2D eigenvalue weighted by Crippen LogP contribution is -2.05. The van der Waals surface area contributed by atoms with Crippen LogP contribution >= 0.6 is 0 Å². The van der Waals surface area contributed by atoms with Crippen LogP contribution in [0.25, 0.3) is 0 Å². The minimum atomic E-state index is -0.514. The molecule has 0 spiro atoms. The summed E-state index contributed by atoms with van der Waals surface area (Å²) in [5, 5.41) is 8.74. The van der Waals surface area contributed by atoms with Gasteiger partial charge < -0.3 is 4.74 Å². The molecule has 0 aliphatic rings. The fourth-order valence-corrected chi connectivity index (χ4v) is 1.25. The number of methoxy groups -OCH3 is 1. The van der Waals surface area contributed by atoms with Gasteiger partial charge in [0, 0.05) is 5.56 Å². The van der Waals surface area contributed by atoms with Crippen LogP contribution in [0.4, 0.5) is 0 Å². The van der Waals surface area contributed by atoms with Crippen molar-refractivity contribution in [1.82, 2.24) is 0 Å². The van der Waals surface area contributed by atoms with Crippen molar-refractivity contribution in [3.05, 3.63) is 34.4 Å². The van der Waals surface area contributed by atoms with Gasteiger partial charge in [0.2, 0.25) is 0 Å². The van der Waals surface area contributed by atoms with Crippen molar-refractivity contribution in [3.63, 3.8) is 0 Å². The second-order valence-electron chi connectivity index (χ2n) is 2.98. The van der Waals surface area contributed by atoms with Gasteiger partial charge in [-0.15, -0.1) is 0 Å². The number of hydrogen-bond donors (Lipinski definition) is 0. The van der Waals surface area contributed by atoms with E-state index in [1.807, 2.05) is 6.07 Å². The van der Waals surface area contributed by atoms with Gasteiger partial charge in [0.1, 0.15) is 0 Å². The van der Waals surface area contributed by atoms with E-state index in [0.29, 0.717) is 17.4 Å². The summed E-state index contributed by atoms with van der Waals surface area (Å²) in [5.41, 5.74) is 1.38. The highest BCUT2D eigenvalue weighted by molar-refractivity contribution is 5.94. The van der Waals surface area contributed by atoms with E-state index in [-0.39, 0.29) is 11.1 Å². The Labute approximate surface area is 87.1 Å². The lowest BCUT2D eigenvalue weighted by Gasteiger charge is -2.05. The maximum absolute atomic E-state index is 11.3. The maximum atomic E-state index is 11.3. The topological polar surface area (TPSA) is 67.2 Å². The number of aryl methyl sites for hydroxylation is 1. The second kappa shape index (κ2) is 4.38. The van der Waals surface area contributed by atoms with Crippen molar-refractivity contribution in [2.45, 2.75) is 6.92 Å². The predicted molar refractivity (Wildman–Crippen MR) is 52.6 cm³/mol. The fourth-order valence-electron chi connectivity index (χ4n) is 1.25. The predicted octanol–water partition coefficient (Wildman–Crippen LogP) is 1.47. The largest absolute Gasteiger partial charge is 0.465 e. The van der Waals surface area contributed by atoms with Gasteiger partial charge in [-0.05, 0) is 24.6 Å². The number of nitrogens with zero attached hydrogens (tertiary/aromatic N) is 1. The minimum Gasteiger partial charge on any atom is -0.465 e. The molecular weight excluding hydrogens is 194 g/mol. The highest BCUT2D eigenvalue weighted by Crippen LogP contribution is 2.15. The summed E-state index contributed by atoms with van der Waals surface area (Å²) in [6.07, 6.45) is 0.546. The zero-order valence-corrected chi connectivity index (χ0v) is 8.40. The molecule has 1 rings (SSSR count). The zero-order valence-electron chi connectivity index (χ0n) is 8.40. The first kappa shape index (κ1) is 10.9. The van der Waals surface area contributed by atoms with Gasteiger partial charge in [-0.25, -0.2) is 4.79 Å². The summed E-state index contributed by atoms with van der Waals surface area (Å²) >= 11 is 0. The van der Waals surface area contributed by atoms with Crippen molar-refractivity contribution in [1.29, 1.82) is 5.26 Å². The standard InChI is InChI=1S/C11H9NO3/c1-7-3-8(5-12)9(6-13)4-10(7)11(14)15-2/h3-4,6H,1-2H3. The average molecular weight is 203 g/mol. The number of nitriles is 1. The summed E-state index contributed by atoms with van der Waals surface area (Å²) in [4.78, 5) is 21.9. The number of carbonyl (C=O) groups is 2. The highest BCUT2D eigenvalue weighted by atomic mass is 16.5. The summed E-state index contributed by atoms with van der Waals surface area (Å²) in [7, 11) is 1.26. The third kappa shape index (κ3) is 2.02. The molecule has 0 bridgehead atoms. The molecule has 1 aromatic carbocycles. The van der Waals surface area contributed by atoms with Crippen molar-refractivity contribution in [2.24, 2.45) is 0 Å². The number of carbonyl (C=O) groups excluding carboxylic acids is 2. The molecular formula is C11H9NO3. The normalized spacial score (nSPS) is 9.13. The van der Waals surface area contributed by atoms with Crippen LogP contribution in [0.5, 0.6) is 0 Å². The molecule has 4 nitrogen and oxygen atoms in total. The van der Waals surface area contributed by atoms with E-state index in [0.717, 1.165) is 0 Å². The molecule has 0 aromatic heterocycles. The Morgan fingerprint density at radius 3 is 2.67 bits per heavy atom. The van der Waals surface area contributed by atoms with Crippen LogP contribution in [0.1, 0.15) is 31.8 Å². The van der Waals surface area contributed by atoms with E-state index >= 15 is 0 Å². The molecule has 0 fully saturated rings. The monoisotopic (exact) mass is 203 g/mol. The molecule has 0 amide bonds. The van der Waals surface area contributed by atoms with Crippen molar-refractivity contribution < 1.29 is 14.3 Å². The molecule has 0 aliphatic heterocycles. The summed E-state index contributed by atoms with van der Waals surface area (Å²) < 4.78 is 4.55. The van der Waals surface area contributed by atoms with Crippen molar-refractivity contribution >= 4 is 12.3 Å². The van der Waals surface area contributed by atoms with Crippen LogP contribution in [-0.2, 0) is 4.74 Å². The average Bonchev–Trinajstić information content (AvgIpc) is 2.27. The quantitative estimate of drug-likeness (QED) is 0.539. The zero-order chi connectivity index (χ0) is 11.4. The van der Waals surface area contributed by atoms with E-state index in [4.69, 9.17) is 5.26 Å². The Kier molecular flexibility index (Phi) is 3.19. The maximum Gasteiger partial charge on any atom is 0.338 e. The Balaban J connectivity index is 3.40. The Hall–Kier alpha value is -2.15. The number of aldehydes is 1. The van der Waals surface area contributed by atoms with Crippen LogP contribution in [0.3, 0.4) is 0 Å². The molecule has 0 atom stereocenters. The SMILES string of the molecule is COC(=O)c1cc(C=O)c(C#N)cc1C. The third-order valence-electron chi connectivity index (χ3n) is 2.05. The molecule has 0 unspecified atom stereocenters. The number of esters is 1. The molecule has 0 N–H and O–H groups in total. The fraction of sp³-hybridized carbons (Fsp3) is 0.182. The van der Waals surface area contributed by atoms with Gasteiger partial charge >= 0.3 is 5.97 Å². The minimum absolute atomic E-state index is 0.198. The highest BCUT2D eigenvalue weighted by Gasteiger charge is 2.12. The van der Waals surface area contributed by atoms with Gasteiger partial charge in [-0.1, -0.05) is 0 Å². The molecule has 0 radical (unpaired) electrons. The van der Waals surface area contributed by atoms with Crippen LogP contribution in [0.2, 0.25) is 0 Å². The van der Waals surface area contributed by atoms with E-state index in [2.05, 4.69) is 4.74 Å². The Morgan fingerprint density at radius 1 is 1.53 bits per heavy atom. The Morgan fingerprint density at radius 2 is 2.20 bits per heavy atom. The van der Waals surface area contributed by atoms with Gasteiger partial charge in [0.05, 0.1) is 24.3 Å². The third-order valence-corrected chi connectivity index (χ3v) is 2.05. The molecule has 4 heteroatoms. The molecule has 76 valence electrons. The molecule has 0 saturated carbocycles. The molecule has 0 heterocycles. The Bertz CT molecular complexity index is 458. The van der Waals surface area contributed by atoms with E-state index in [9.17, 15) is 9.59 Å². The first-order valence-electron chi connectivity index (χ1n) is 4.22. The first-order chi connectivity index (χ1) is 7.13. The van der Waals surface area contributed by atoms with Crippen LogP contribution in [0.15, 0.2) is 12.1 Å². The lowest BCUT2D eigenvalue weighted by atomic mass is 10.0. The van der Waals surface area contributed by atoms with Gasteiger partial charge in [0.15, 0.2) is 6.29 Å². The number of ether oxygens (including phenoxy) is 1. The van der Waals surface area contributed by atoms with Crippen LogP contribution in [0, 0.1) is 18.3 Å².